The molecule has 7 atom stereocenters. The zero-order chi connectivity index (χ0) is 50.6. The maximum absolute atomic E-state index is 12.8. The number of aliphatic hydroxyl groups is 4. The number of ether oxygens (including phenoxy) is 4. The van der Waals surface area contributed by atoms with E-state index in [1.165, 1.54) is 116 Å². The zero-order valence-electron chi connectivity index (χ0n) is 43.2. The van der Waals surface area contributed by atoms with Crippen LogP contribution < -0.4 is 5.32 Å². The molecule has 0 aromatic heterocycles. The average Bonchev–Trinajstić information content (AvgIpc) is 3.33. The number of amides is 1. The van der Waals surface area contributed by atoms with Crippen LogP contribution >= 0.6 is 7.82 Å². The first-order valence-corrected chi connectivity index (χ1v) is 29.1. The van der Waals surface area contributed by atoms with Crippen LogP contribution in [0.2, 0.25) is 0 Å². The Kier molecular flexibility index (Phi) is 42.5. The molecule has 0 aromatic rings. The molecule has 16 nitrogen and oxygen atoms in total. The monoisotopic (exact) mass is 1010 g/mol. The number of phosphoric ester groups is 1. The third-order valence-electron chi connectivity index (χ3n) is 12.7. The van der Waals surface area contributed by atoms with Crippen molar-refractivity contribution in [2.24, 2.45) is 0 Å². The van der Waals surface area contributed by atoms with E-state index in [0.29, 0.717) is 25.7 Å². The molecule has 1 rings (SSSR count). The second-order valence-corrected chi connectivity index (χ2v) is 20.6. The lowest BCUT2D eigenvalue weighted by Gasteiger charge is -2.39. The van der Waals surface area contributed by atoms with Crippen LogP contribution in [0.15, 0.2) is 0 Å². The van der Waals surface area contributed by atoms with Gasteiger partial charge in [0.05, 0.1) is 19.8 Å². The van der Waals surface area contributed by atoms with E-state index in [0.717, 1.165) is 64.2 Å². The van der Waals surface area contributed by atoms with Gasteiger partial charge in [0.25, 0.3) is 0 Å². The first-order chi connectivity index (χ1) is 33.4. The highest BCUT2D eigenvalue weighted by Crippen LogP contribution is 2.43. The van der Waals surface area contributed by atoms with Gasteiger partial charge < -0.3 is 49.6 Å². The van der Waals surface area contributed by atoms with Crippen molar-refractivity contribution in [3.63, 3.8) is 0 Å². The van der Waals surface area contributed by atoms with Gasteiger partial charge in [-0.25, -0.2) is 4.57 Å². The van der Waals surface area contributed by atoms with E-state index in [-0.39, 0.29) is 51.5 Å². The lowest BCUT2D eigenvalue weighted by molar-refractivity contribution is -0.301. The number of nitrogens with one attached hydrogen (secondary N) is 1. The normalized spacial score (nSPS) is 19.6. The minimum Gasteiger partial charge on any atom is -0.462 e. The summed E-state index contributed by atoms with van der Waals surface area (Å²) in [7, 11) is -4.60. The van der Waals surface area contributed by atoms with Crippen molar-refractivity contribution in [3.8, 4) is 0 Å². The van der Waals surface area contributed by atoms with Gasteiger partial charge >= 0.3 is 19.8 Å². The maximum Gasteiger partial charge on any atom is 0.472 e. The Labute approximate surface area is 417 Å². The molecule has 17 heteroatoms. The van der Waals surface area contributed by atoms with Crippen molar-refractivity contribution < 1.29 is 72.3 Å². The van der Waals surface area contributed by atoms with Gasteiger partial charge in [-0.05, 0) is 25.7 Å². The zero-order valence-corrected chi connectivity index (χ0v) is 44.1. The predicted octanol–water partition coefficient (Wildman–Crippen LogP) is 10.2. The van der Waals surface area contributed by atoms with Gasteiger partial charge in [-0.1, -0.05) is 194 Å². The van der Waals surface area contributed by atoms with Gasteiger partial charge in [-0.15, -0.1) is 0 Å². The molecule has 0 aromatic carbocycles. The Bertz CT molecular complexity index is 1280. The Morgan fingerprint density at radius 1 is 0.536 bits per heavy atom. The van der Waals surface area contributed by atoms with Gasteiger partial charge in [0.2, 0.25) is 5.91 Å². The number of carbonyl (C=O) groups is 3. The average molecular weight is 1010 g/mol. The number of phosphoric acid groups is 1. The predicted molar refractivity (Wildman–Crippen MR) is 268 cm³/mol. The van der Waals surface area contributed by atoms with Crippen molar-refractivity contribution in [1.82, 2.24) is 5.32 Å². The van der Waals surface area contributed by atoms with Crippen molar-refractivity contribution >= 4 is 25.7 Å². The Morgan fingerprint density at radius 3 is 1.45 bits per heavy atom. The smallest absolute Gasteiger partial charge is 0.462 e. The Hall–Kier alpha value is -1.72. The number of unbranched alkanes of at least 4 members (excludes halogenated alkanes) is 29. The van der Waals surface area contributed by atoms with Crippen LogP contribution in [0.1, 0.15) is 239 Å². The molecule has 1 heterocycles. The number of esters is 2. The molecule has 1 aliphatic rings. The van der Waals surface area contributed by atoms with Gasteiger partial charge in [0, 0.05) is 32.4 Å². The van der Waals surface area contributed by atoms with Crippen molar-refractivity contribution in [2.75, 3.05) is 39.6 Å². The number of hydrogen-bond acceptors (Lipinski definition) is 14. The topological polar surface area (TPSA) is 237 Å². The lowest BCUT2D eigenvalue weighted by Crippen LogP contribution is -2.59. The summed E-state index contributed by atoms with van der Waals surface area (Å²) in [5.74, 6) is -1.14. The summed E-state index contributed by atoms with van der Waals surface area (Å²) >= 11 is 0. The van der Waals surface area contributed by atoms with E-state index in [9.17, 15) is 44.3 Å². The summed E-state index contributed by atoms with van der Waals surface area (Å²) in [6, 6.07) is 0. The van der Waals surface area contributed by atoms with E-state index >= 15 is 0 Å². The van der Waals surface area contributed by atoms with Crippen LogP contribution in [0.4, 0.5) is 0 Å². The van der Waals surface area contributed by atoms with Gasteiger partial charge in [-0.2, -0.15) is 0 Å². The van der Waals surface area contributed by atoms with Crippen LogP contribution in [-0.4, -0.2) is 120 Å². The minimum atomic E-state index is -4.60. The molecule has 0 spiro atoms. The highest BCUT2D eigenvalue weighted by Gasteiger charge is 2.44. The van der Waals surface area contributed by atoms with Crippen LogP contribution in [-0.2, 0) is 46.9 Å². The summed E-state index contributed by atoms with van der Waals surface area (Å²) in [5, 5.41) is 41.8. The third-order valence-corrected chi connectivity index (χ3v) is 13.7. The Morgan fingerprint density at radius 2 is 0.971 bits per heavy atom. The molecule has 0 radical (unpaired) electrons. The largest absolute Gasteiger partial charge is 0.472 e. The fourth-order valence-electron chi connectivity index (χ4n) is 8.35. The molecule has 6 N–H and O–H groups in total. The van der Waals surface area contributed by atoms with E-state index < -0.39 is 69.8 Å². The quantitative estimate of drug-likeness (QED) is 0.0189. The number of hydrogen-bond donors (Lipinski definition) is 6. The van der Waals surface area contributed by atoms with E-state index in [4.69, 9.17) is 28.0 Å². The fourth-order valence-corrected chi connectivity index (χ4v) is 9.10. The second-order valence-electron chi connectivity index (χ2n) is 19.2. The van der Waals surface area contributed by atoms with Crippen LogP contribution in [0.25, 0.3) is 0 Å². The first-order valence-electron chi connectivity index (χ1n) is 27.6. The summed E-state index contributed by atoms with van der Waals surface area (Å²) in [6.45, 7) is 3.10. The van der Waals surface area contributed by atoms with Crippen LogP contribution in [0, 0.1) is 0 Å². The summed E-state index contributed by atoms with van der Waals surface area (Å²) in [6.07, 6.45) is 28.8. The first kappa shape index (κ1) is 65.3. The third kappa shape index (κ3) is 37.7. The molecule has 1 unspecified atom stereocenters. The highest BCUT2D eigenvalue weighted by molar-refractivity contribution is 7.47. The molecule has 0 aliphatic carbocycles. The molecular weight excluding hydrogens is 910 g/mol. The second kappa shape index (κ2) is 44.9. The molecule has 1 aliphatic heterocycles. The number of aliphatic hydroxyl groups excluding tert-OH is 4. The molecule has 1 saturated heterocycles. The molecule has 0 saturated carbocycles. The van der Waals surface area contributed by atoms with Crippen LogP contribution in [0.3, 0.4) is 0 Å². The maximum atomic E-state index is 12.8. The van der Waals surface area contributed by atoms with Crippen molar-refractivity contribution in [1.29, 1.82) is 0 Å². The summed E-state index contributed by atoms with van der Waals surface area (Å²) in [5.41, 5.74) is 0. The summed E-state index contributed by atoms with van der Waals surface area (Å²) < 4.78 is 44.8. The molecule has 69 heavy (non-hydrogen) atoms. The van der Waals surface area contributed by atoms with Crippen LogP contribution in [0.5, 0.6) is 0 Å². The fraction of sp³-hybridized carbons (Fsp3) is 0.942. The standard InChI is InChI=1S/C52H100NO15P/c1-3-5-7-9-11-13-15-17-19-21-23-28-32-36-47(56)64-42-44(67-48(57)37-33-29-24-22-20-18-16-14-12-10-8-6-4-2)43-66-69(61,62)65-40-38-53-46(55)35-31-27-25-26-30-34-39-63-52-51(60)50(59)49(58)45(41-54)68-52/h44-45,49-52,54,58-60H,3-43H2,1-2H3,(H,53,55)(H,61,62)/t44-,45-,49-,50+,51+,52+/m1/s1. The van der Waals surface area contributed by atoms with Crippen molar-refractivity contribution in [2.45, 2.75) is 275 Å². The molecule has 408 valence electrons. The van der Waals surface area contributed by atoms with Gasteiger partial charge in [0.1, 0.15) is 31.0 Å². The summed E-state index contributed by atoms with van der Waals surface area (Å²) in [4.78, 5) is 48.1. The molecular formula is C52H100NO15P. The van der Waals surface area contributed by atoms with Crippen molar-refractivity contribution in [3.05, 3.63) is 0 Å². The highest BCUT2D eigenvalue weighted by atomic mass is 31.2. The van der Waals surface area contributed by atoms with E-state index in [2.05, 4.69) is 19.2 Å². The molecule has 0 bridgehead atoms. The minimum absolute atomic E-state index is 0.0183. The molecule has 1 amide bonds. The lowest BCUT2D eigenvalue weighted by atomic mass is 9.99. The van der Waals surface area contributed by atoms with E-state index in [1.54, 1.807) is 0 Å². The molecule has 1 fully saturated rings. The SMILES string of the molecule is CCCCCCCCCCCCCCCC(=O)OC[C@H](COP(=O)(O)OCCNC(=O)CCCCCCCCO[C@H]1O[C@H](CO)[C@@H](O)[C@H](O)[C@@H]1O)OC(=O)CCCCCCCCCCCCCCC. The number of carbonyl (C=O) groups excluding carboxylic acids is 3. The van der Waals surface area contributed by atoms with E-state index in [1.807, 2.05) is 0 Å². The van der Waals surface area contributed by atoms with Gasteiger partial charge in [0.15, 0.2) is 12.4 Å². The Balaban J connectivity index is 2.34. The number of rotatable bonds is 49. The van der Waals surface area contributed by atoms with Gasteiger partial charge in [-0.3, -0.25) is 23.4 Å².